The summed E-state index contributed by atoms with van der Waals surface area (Å²) in [7, 11) is 1.48. The Labute approximate surface area is 72.7 Å². The molecule has 0 aliphatic heterocycles. The van der Waals surface area contributed by atoms with Crippen LogP contribution >= 0.6 is 0 Å². The Balaban J connectivity index is 2.70. The first-order valence-electron chi connectivity index (χ1n) is 4.40. The molecule has 1 rings (SSSR count). The van der Waals surface area contributed by atoms with E-state index in [0.717, 1.165) is 25.7 Å². The number of carbonyl (C=O) groups is 1. The molecule has 1 aliphatic carbocycles. The van der Waals surface area contributed by atoms with Crippen LogP contribution in [0.5, 0.6) is 0 Å². The highest BCUT2D eigenvalue weighted by Gasteiger charge is 2.42. The van der Waals surface area contributed by atoms with E-state index in [0.29, 0.717) is 0 Å². The molecule has 1 fully saturated rings. The summed E-state index contributed by atoms with van der Waals surface area (Å²) < 4.78 is 5.08. The van der Waals surface area contributed by atoms with Crippen molar-refractivity contribution < 1.29 is 14.6 Å². The Hall–Kier alpha value is -0.570. The fourth-order valence-corrected chi connectivity index (χ4v) is 1.91. The van der Waals surface area contributed by atoms with Crippen molar-refractivity contribution in [2.24, 2.45) is 5.92 Å². The molecular formula is C9H16O3. The van der Waals surface area contributed by atoms with Gasteiger partial charge < -0.3 is 9.84 Å². The number of rotatable bonds is 3. The van der Waals surface area contributed by atoms with Crippen LogP contribution in [-0.2, 0) is 9.53 Å². The van der Waals surface area contributed by atoms with E-state index in [2.05, 4.69) is 0 Å². The summed E-state index contributed by atoms with van der Waals surface area (Å²) in [5.41, 5.74) is -0.962. The molecule has 0 radical (unpaired) electrons. The summed E-state index contributed by atoms with van der Waals surface area (Å²) in [6.07, 6.45) is 4.24. The Morgan fingerprint density at radius 3 is 2.33 bits per heavy atom. The molecule has 0 heterocycles. The fraction of sp³-hybridized carbons (Fsp3) is 0.889. The van der Waals surface area contributed by atoms with Crippen LogP contribution in [0.15, 0.2) is 0 Å². The van der Waals surface area contributed by atoms with Crippen LogP contribution in [-0.4, -0.2) is 23.8 Å². The second-order valence-corrected chi connectivity index (χ2v) is 3.60. The SMILES string of the molecule is COC(C)(C(=O)O)C1CCCC1. The van der Waals surface area contributed by atoms with E-state index in [4.69, 9.17) is 9.84 Å². The molecule has 3 heteroatoms. The van der Waals surface area contributed by atoms with Gasteiger partial charge in [0.1, 0.15) is 0 Å². The van der Waals surface area contributed by atoms with Crippen LogP contribution in [0.25, 0.3) is 0 Å². The third-order valence-corrected chi connectivity index (χ3v) is 2.98. The van der Waals surface area contributed by atoms with Gasteiger partial charge >= 0.3 is 5.97 Å². The van der Waals surface area contributed by atoms with Crippen LogP contribution < -0.4 is 0 Å². The molecule has 1 unspecified atom stereocenters. The molecule has 0 spiro atoms. The molecule has 1 saturated carbocycles. The van der Waals surface area contributed by atoms with Crippen LogP contribution in [0, 0.1) is 5.92 Å². The average molecular weight is 172 g/mol. The summed E-state index contributed by atoms with van der Waals surface area (Å²) in [6, 6.07) is 0. The molecule has 0 aromatic rings. The molecule has 1 N–H and O–H groups in total. The van der Waals surface area contributed by atoms with Gasteiger partial charge in [-0.25, -0.2) is 4.79 Å². The minimum Gasteiger partial charge on any atom is -0.479 e. The van der Waals surface area contributed by atoms with E-state index in [9.17, 15) is 4.79 Å². The lowest BCUT2D eigenvalue weighted by Gasteiger charge is -2.29. The normalized spacial score (nSPS) is 23.8. The average Bonchev–Trinajstić information content (AvgIpc) is 2.54. The smallest absolute Gasteiger partial charge is 0.335 e. The number of carboxylic acids is 1. The second kappa shape index (κ2) is 3.44. The molecule has 0 aromatic heterocycles. The number of ether oxygens (including phenoxy) is 1. The van der Waals surface area contributed by atoms with Gasteiger partial charge in [-0.1, -0.05) is 12.8 Å². The van der Waals surface area contributed by atoms with Crippen molar-refractivity contribution in [2.45, 2.75) is 38.2 Å². The minimum absolute atomic E-state index is 0.194. The predicted molar refractivity (Wildman–Crippen MR) is 45.0 cm³/mol. The lowest BCUT2D eigenvalue weighted by molar-refractivity contribution is -0.166. The van der Waals surface area contributed by atoms with Crippen LogP contribution in [0.3, 0.4) is 0 Å². The minimum atomic E-state index is -0.962. The highest BCUT2D eigenvalue weighted by atomic mass is 16.5. The Morgan fingerprint density at radius 2 is 2.00 bits per heavy atom. The first kappa shape index (κ1) is 9.52. The van der Waals surface area contributed by atoms with Crippen LogP contribution in [0.2, 0.25) is 0 Å². The molecule has 3 nitrogen and oxygen atoms in total. The Kier molecular flexibility index (Phi) is 2.73. The van der Waals surface area contributed by atoms with Crippen LogP contribution in [0.1, 0.15) is 32.6 Å². The van der Waals surface area contributed by atoms with Crippen molar-refractivity contribution in [3.05, 3.63) is 0 Å². The molecule has 1 atom stereocenters. The van der Waals surface area contributed by atoms with E-state index in [-0.39, 0.29) is 5.92 Å². The maximum Gasteiger partial charge on any atom is 0.335 e. The standard InChI is InChI=1S/C9H16O3/c1-9(12-2,8(10)11)7-5-3-4-6-7/h7H,3-6H2,1-2H3,(H,10,11). The fourth-order valence-electron chi connectivity index (χ4n) is 1.91. The van der Waals surface area contributed by atoms with Gasteiger partial charge in [0.25, 0.3) is 0 Å². The van der Waals surface area contributed by atoms with Crippen molar-refractivity contribution in [3.8, 4) is 0 Å². The summed E-state index contributed by atoms with van der Waals surface area (Å²) in [4.78, 5) is 10.9. The first-order chi connectivity index (χ1) is 5.61. The van der Waals surface area contributed by atoms with Gasteiger partial charge in [0.2, 0.25) is 0 Å². The Morgan fingerprint density at radius 1 is 1.50 bits per heavy atom. The van der Waals surface area contributed by atoms with E-state index in [1.807, 2.05) is 0 Å². The second-order valence-electron chi connectivity index (χ2n) is 3.60. The zero-order valence-corrected chi connectivity index (χ0v) is 7.67. The third-order valence-electron chi connectivity index (χ3n) is 2.98. The summed E-state index contributed by atoms with van der Waals surface area (Å²) >= 11 is 0. The number of carboxylic acid groups (broad SMARTS) is 1. The topological polar surface area (TPSA) is 46.5 Å². The highest BCUT2D eigenvalue weighted by molar-refractivity contribution is 5.77. The lowest BCUT2D eigenvalue weighted by Crippen LogP contribution is -2.43. The quantitative estimate of drug-likeness (QED) is 0.704. The van der Waals surface area contributed by atoms with Crippen LogP contribution in [0.4, 0.5) is 0 Å². The zero-order valence-electron chi connectivity index (χ0n) is 7.67. The third kappa shape index (κ3) is 1.46. The maximum absolute atomic E-state index is 10.9. The maximum atomic E-state index is 10.9. The monoisotopic (exact) mass is 172 g/mol. The molecule has 12 heavy (non-hydrogen) atoms. The van der Waals surface area contributed by atoms with E-state index >= 15 is 0 Å². The highest BCUT2D eigenvalue weighted by Crippen LogP contribution is 2.35. The number of methoxy groups -OCH3 is 1. The molecule has 1 aliphatic rings. The van der Waals surface area contributed by atoms with Gasteiger partial charge in [0.05, 0.1) is 0 Å². The van der Waals surface area contributed by atoms with E-state index in [1.54, 1.807) is 6.92 Å². The number of hydrogen-bond donors (Lipinski definition) is 1. The van der Waals surface area contributed by atoms with Crippen molar-refractivity contribution in [1.82, 2.24) is 0 Å². The summed E-state index contributed by atoms with van der Waals surface area (Å²) in [6.45, 7) is 1.67. The molecule has 0 amide bonds. The van der Waals surface area contributed by atoms with Gasteiger partial charge in [-0.15, -0.1) is 0 Å². The molecular weight excluding hydrogens is 156 g/mol. The first-order valence-corrected chi connectivity index (χ1v) is 4.40. The van der Waals surface area contributed by atoms with Gasteiger partial charge in [-0.2, -0.15) is 0 Å². The van der Waals surface area contributed by atoms with Gasteiger partial charge in [0, 0.05) is 7.11 Å². The molecule has 0 saturated heterocycles. The number of hydrogen-bond acceptors (Lipinski definition) is 2. The van der Waals surface area contributed by atoms with Gasteiger partial charge in [0.15, 0.2) is 5.60 Å². The van der Waals surface area contributed by atoms with E-state index in [1.165, 1.54) is 7.11 Å². The van der Waals surface area contributed by atoms with Crippen molar-refractivity contribution in [3.63, 3.8) is 0 Å². The lowest BCUT2D eigenvalue weighted by atomic mass is 9.88. The molecule has 0 bridgehead atoms. The van der Waals surface area contributed by atoms with E-state index < -0.39 is 11.6 Å². The van der Waals surface area contributed by atoms with Crippen molar-refractivity contribution in [2.75, 3.05) is 7.11 Å². The van der Waals surface area contributed by atoms with Crippen molar-refractivity contribution >= 4 is 5.97 Å². The largest absolute Gasteiger partial charge is 0.479 e. The van der Waals surface area contributed by atoms with Crippen molar-refractivity contribution in [1.29, 1.82) is 0 Å². The van der Waals surface area contributed by atoms with Gasteiger partial charge in [-0.3, -0.25) is 0 Å². The summed E-state index contributed by atoms with van der Waals surface area (Å²) in [5, 5.41) is 8.97. The zero-order chi connectivity index (χ0) is 9.19. The Bertz CT molecular complexity index is 173. The molecule has 70 valence electrons. The van der Waals surface area contributed by atoms with Gasteiger partial charge in [-0.05, 0) is 25.7 Å². The molecule has 0 aromatic carbocycles. The predicted octanol–water partition coefficient (Wildman–Crippen LogP) is 1.67. The summed E-state index contributed by atoms with van der Waals surface area (Å²) in [5.74, 6) is -0.642. The number of aliphatic carboxylic acids is 1.